The van der Waals surface area contributed by atoms with Crippen LogP contribution in [0.2, 0.25) is 0 Å². The first-order valence-corrected chi connectivity index (χ1v) is 4.05. The normalized spacial score (nSPS) is 11.4. The van der Waals surface area contributed by atoms with Crippen molar-refractivity contribution in [1.29, 1.82) is 0 Å². The van der Waals surface area contributed by atoms with Crippen LogP contribution in [-0.4, -0.2) is 16.5 Å². The average molecular weight is 182 g/mol. The van der Waals surface area contributed by atoms with Crippen LogP contribution >= 0.6 is 0 Å². The smallest absolute Gasteiger partial charge is 0.303 e. The Kier molecular flexibility index (Phi) is 2.43. The van der Waals surface area contributed by atoms with E-state index in [2.05, 4.69) is 0 Å². The summed E-state index contributed by atoms with van der Waals surface area (Å²) in [6.07, 6.45) is 1.45. The summed E-state index contributed by atoms with van der Waals surface area (Å²) in [5.74, 6) is 5.56. The SMILES string of the molecule is CC(C)(C)N(N)C(=O)c1ccco1. The zero-order valence-electron chi connectivity index (χ0n) is 8.07. The molecule has 0 saturated heterocycles. The summed E-state index contributed by atoms with van der Waals surface area (Å²) in [7, 11) is 0. The van der Waals surface area contributed by atoms with Gasteiger partial charge in [-0.3, -0.25) is 9.80 Å². The predicted octanol–water partition coefficient (Wildman–Crippen LogP) is 1.39. The van der Waals surface area contributed by atoms with Crippen LogP contribution in [0.3, 0.4) is 0 Å². The monoisotopic (exact) mass is 182 g/mol. The fraction of sp³-hybridized carbons (Fsp3) is 0.444. The first-order chi connectivity index (χ1) is 5.93. The highest BCUT2D eigenvalue weighted by atomic mass is 16.3. The van der Waals surface area contributed by atoms with Gasteiger partial charge in [0.15, 0.2) is 5.76 Å². The van der Waals surface area contributed by atoms with Crippen LogP contribution in [0.15, 0.2) is 22.8 Å². The molecule has 13 heavy (non-hydrogen) atoms. The van der Waals surface area contributed by atoms with Crippen molar-refractivity contribution in [1.82, 2.24) is 5.01 Å². The number of amides is 1. The van der Waals surface area contributed by atoms with Gasteiger partial charge < -0.3 is 4.42 Å². The van der Waals surface area contributed by atoms with E-state index in [0.717, 1.165) is 5.01 Å². The molecule has 0 fully saturated rings. The number of hydrogen-bond acceptors (Lipinski definition) is 3. The molecule has 1 aromatic heterocycles. The van der Waals surface area contributed by atoms with Gasteiger partial charge in [-0.1, -0.05) is 0 Å². The molecule has 72 valence electrons. The zero-order chi connectivity index (χ0) is 10.1. The van der Waals surface area contributed by atoms with E-state index in [-0.39, 0.29) is 11.7 Å². The topological polar surface area (TPSA) is 59.5 Å². The standard InChI is InChI=1S/C9H14N2O2/c1-9(2,3)11(10)8(12)7-5-4-6-13-7/h4-6H,10H2,1-3H3. The second kappa shape index (κ2) is 3.22. The number of furan rings is 1. The fourth-order valence-corrected chi connectivity index (χ4v) is 0.824. The van der Waals surface area contributed by atoms with Crippen LogP contribution in [0.5, 0.6) is 0 Å². The Morgan fingerprint density at radius 3 is 2.54 bits per heavy atom. The number of carbonyl (C=O) groups is 1. The van der Waals surface area contributed by atoms with Crippen molar-refractivity contribution in [2.45, 2.75) is 26.3 Å². The molecule has 0 aliphatic carbocycles. The highest BCUT2D eigenvalue weighted by molar-refractivity contribution is 5.91. The summed E-state index contributed by atoms with van der Waals surface area (Å²) in [6, 6.07) is 3.25. The second-order valence-electron chi connectivity index (χ2n) is 3.82. The summed E-state index contributed by atoms with van der Waals surface area (Å²) in [5, 5.41) is 1.16. The van der Waals surface area contributed by atoms with Crippen molar-refractivity contribution in [3.8, 4) is 0 Å². The Balaban J connectivity index is 2.81. The molecule has 0 spiro atoms. The fourth-order valence-electron chi connectivity index (χ4n) is 0.824. The van der Waals surface area contributed by atoms with Crippen molar-refractivity contribution >= 4 is 5.91 Å². The van der Waals surface area contributed by atoms with Gasteiger partial charge in [0.25, 0.3) is 0 Å². The minimum atomic E-state index is -0.399. The van der Waals surface area contributed by atoms with Gasteiger partial charge in [0, 0.05) is 0 Å². The number of nitrogens with zero attached hydrogens (tertiary/aromatic N) is 1. The van der Waals surface area contributed by atoms with E-state index in [1.54, 1.807) is 12.1 Å². The van der Waals surface area contributed by atoms with Crippen molar-refractivity contribution in [2.75, 3.05) is 0 Å². The van der Waals surface area contributed by atoms with Gasteiger partial charge in [0.1, 0.15) is 0 Å². The molecule has 0 radical (unpaired) electrons. The Labute approximate surface area is 77.3 Å². The van der Waals surface area contributed by atoms with Crippen LogP contribution in [0.25, 0.3) is 0 Å². The molecule has 4 heteroatoms. The highest BCUT2D eigenvalue weighted by Crippen LogP contribution is 2.12. The lowest BCUT2D eigenvalue weighted by Crippen LogP contribution is -2.50. The third kappa shape index (κ3) is 2.09. The maximum absolute atomic E-state index is 11.6. The maximum Gasteiger partial charge on any atom is 0.303 e. The third-order valence-corrected chi connectivity index (χ3v) is 1.67. The molecular weight excluding hydrogens is 168 g/mol. The van der Waals surface area contributed by atoms with Crippen LogP contribution in [0.4, 0.5) is 0 Å². The molecule has 1 rings (SSSR count). The van der Waals surface area contributed by atoms with Gasteiger partial charge in [-0.15, -0.1) is 0 Å². The van der Waals surface area contributed by atoms with Crippen molar-refractivity contribution in [3.05, 3.63) is 24.2 Å². The van der Waals surface area contributed by atoms with E-state index < -0.39 is 5.54 Å². The molecule has 0 saturated carbocycles. The van der Waals surface area contributed by atoms with Crippen molar-refractivity contribution in [2.24, 2.45) is 5.84 Å². The first kappa shape index (κ1) is 9.80. The summed E-state index contributed by atoms with van der Waals surface area (Å²) in [6.45, 7) is 5.56. The van der Waals surface area contributed by atoms with E-state index in [1.807, 2.05) is 20.8 Å². The largest absolute Gasteiger partial charge is 0.459 e. The van der Waals surface area contributed by atoms with Crippen LogP contribution < -0.4 is 5.84 Å². The van der Waals surface area contributed by atoms with E-state index >= 15 is 0 Å². The van der Waals surface area contributed by atoms with Gasteiger partial charge in [0.05, 0.1) is 11.8 Å². The minimum absolute atomic E-state index is 0.262. The summed E-state index contributed by atoms with van der Waals surface area (Å²) in [4.78, 5) is 11.6. The Hall–Kier alpha value is -1.29. The molecule has 0 bridgehead atoms. The van der Waals surface area contributed by atoms with Crippen LogP contribution in [-0.2, 0) is 0 Å². The molecule has 1 amide bonds. The number of carbonyl (C=O) groups excluding carboxylic acids is 1. The van der Waals surface area contributed by atoms with Crippen molar-refractivity contribution < 1.29 is 9.21 Å². The summed E-state index contributed by atoms with van der Waals surface area (Å²) < 4.78 is 4.94. The average Bonchev–Trinajstić information content (AvgIpc) is 2.51. The number of hydrogen-bond donors (Lipinski definition) is 1. The highest BCUT2D eigenvalue weighted by Gasteiger charge is 2.25. The number of rotatable bonds is 1. The molecule has 0 aliphatic rings. The molecule has 2 N–H and O–H groups in total. The van der Waals surface area contributed by atoms with Gasteiger partial charge in [0.2, 0.25) is 0 Å². The molecule has 1 aromatic rings. The molecule has 1 heterocycles. The number of nitrogens with two attached hydrogens (primary N) is 1. The Bertz CT molecular complexity index is 285. The molecular formula is C9H14N2O2. The molecule has 0 atom stereocenters. The maximum atomic E-state index is 11.6. The van der Waals surface area contributed by atoms with Gasteiger partial charge in [-0.25, -0.2) is 5.84 Å². The number of hydrazine groups is 1. The predicted molar refractivity (Wildman–Crippen MR) is 48.8 cm³/mol. The first-order valence-electron chi connectivity index (χ1n) is 4.05. The summed E-state index contributed by atoms with van der Waals surface area (Å²) >= 11 is 0. The lowest BCUT2D eigenvalue weighted by Gasteiger charge is -2.30. The second-order valence-corrected chi connectivity index (χ2v) is 3.82. The zero-order valence-corrected chi connectivity index (χ0v) is 8.07. The molecule has 0 aromatic carbocycles. The molecule has 4 nitrogen and oxygen atoms in total. The third-order valence-electron chi connectivity index (χ3n) is 1.67. The minimum Gasteiger partial charge on any atom is -0.459 e. The van der Waals surface area contributed by atoms with Gasteiger partial charge >= 0.3 is 5.91 Å². The van der Waals surface area contributed by atoms with Crippen molar-refractivity contribution in [3.63, 3.8) is 0 Å². The van der Waals surface area contributed by atoms with E-state index in [0.29, 0.717) is 0 Å². The lowest BCUT2D eigenvalue weighted by molar-refractivity contribution is 0.0549. The van der Waals surface area contributed by atoms with Crippen LogP contribution in [0.1, 0.15) is 31.3 Å². The lowest BCUT2D eigenvalue weighted by atomic mass is 10.1. The van der Waals surface area contributed by atoms with Crippen LogP contribution in [0, 0.1) is 0 Å². The quantitative estimate of drug-likeness (QED) is 0.405. The Morgan fingerprint density at radius 2 is 2.15 bits per heavy atom. The molecule has 0 aliphatic heterocycles. The van der Waals surface area contributed by atoms with Gasteiger partial charge in [-0.05, 0) is 32.9 Å². The molecule has 0 unspecified atom stereocenters. The van der Waals surface area contributed by atoms with E-state index in [4.69, 9.17) is 10.3 Å². The van der Waals surface area contributed by atoms with Gasteiger partial charge in [-0.2, -0.15) is 0 Å². The van der Waals surface area contributed by atoms with E-state index in [1.165, 1.54) is 6.26 Å². The van der Waals surface area contributed by atoms with E-state index in [9.17, 15) is 4.79 Å². The Morgan fingerprint density at radius 1 is 1.54 bits per heavy atom. The summed E-state index contributed by atoms with van der Waals surface area (Å²) in [5.41, 5.74) is -0.399.